The monoisotopic (exact) mass is 461 g/mol. The first-order valence-electron chi connectivity index (χ1n) is 10.7. The first-order chi connectivity index (χ1) is 15.5. The standard InChI is InChI=1S/C22H25F2N5O2S/c23-16-8-14(9-17(24)10-16)11-25-20(30)13-32-21-6-5-19(27-28-21)29-7-1-2-15(12-29)22(31)26-18-3-4-18/h5-6,8-10,15,18H,1-4,7,11-13H2,(H,25,30)(H,26,31)/t15-/m1/s1. The minimum absolute atomic E-state index is 0.0320. The van der Waals surface area contributed by atoms with Crippen LogP contribution < -0.4 is 15.5 Å². The van der Waals surface area contributed by atoms with Gasteiger partial charge in [0.25, 0.3) is 0 Å². The summed E-state index contributed by atoms with van der Waals surface area (Å²) in [6.07, 6.45) is 3.96. The van der Waals surface area contributed by atoms with Crippen molar-refractivity contribution in [2.45, 2.75) is 43.3 Å². The lowest BCUT2D eigenvalue weighted by Gasteiger charge is -2.32. The molecule has 2 N–H and O–H groups in total. The molecule has 170 valence electrons. The van der Waals surface area contributed by atoms with Crippen LogP contribution in [0.25, 0.3) is 0 Å². The molecule has 1 aromatic heterocycles. The van der Waals surface area contributed by atoms with Gasteiger partial charge in [0.05, 0.1) is 11.7 Å². The van der Waals surface area contributed by atoms with Crippen molar-refractivity contribution in [1.82, 2.24) is 20.8 Å². The highest BCUT2D eigenvalue weighted by molar-refractivity contribution is 7.99. The number of carbonyl (C=O) groups excluding carboxylic acids is 2. The molecule has 2 heterocycles. The summed E-state index contributed by atoms with van der Waals surface area (Å²) in [7, 11) is 0. The van der Waals surface area contributed by atoms with Crippen LogP contribution >= 0.6 is 11.8 Å². The SMILES string of the molecule is O=C(CSc1ccc(N2CCC[C@@H](C(=O)NC3CC3)C2)nn1)NCc1cc(F)cc(F)c1. The molecule has 10 heteroatoms. The van der Waals surface area contributed by atoms with E-state index in [0.717, 1.165) is 44.1 Å². The van der Waals surface area contributed by atoms with Crippen molar-refractivity contribution in [1.29, 1.82) is 0 Å². The predicted octanol–water partition coefficient (Wildman–Crippen LogP) is 2.66. The molecule has 7 nitrogen and oxygen atoms in total. The number of hydrogen-bond donors (Lipinski definition) is 2. The lowest BCUT2D eigenvalue weighted by molar-refractivity contribution is -0.125. The van der Waals surface area contributed by atoms with Gasteiger partial charge in [0.1, 0.15) is 16.7 Å². The van der Waals surface area contributed by atoms with E-state index < -0.39 is 11.6 Å². The van der Waals surface area contributed by atoms with Gasteiger partial charge in [0, 0.05) is 31.7 Å². The number of nitrogens with zero attached hydrogens (tertiary/aromatic N) is 3. The van der Waals surface area contributed by atoms with Crippen LogP contribution in [0.3, 0.4) is 0 Å². The van der Waals surface area contributed by atoms with E-state index in [1.807, 2.05) is 6.07 Å². The molecular weight excluding hydrogens is 436 g/mol. The number of thioether (sulfide) groups is 1. The summed E-state index contributed by atoms with van der Waals surface area (Å²) in [6.45, 7) is 1.50. The van der Waals surface area contributed by atoms with Gasteiger partial charge in [-0.2, -0.15) is 0 Å². The van der Waals surface area contributed by atoms with Crippen LogP contribution in [-0.2, 0) is 16.1 Å². The molecule has 1 aliphatic heterocycles. The molecule has 4 rings (SSSR count). The second-order valence-electron chi connectivity index (χ2n) is 8.14. The van der Waals surface area contributed by atoms with Crippen LogP contribution in [0.4, 0.5) is 14.6 Å². The van der Waals surface area contributed by atoms with Gasteiger partial charge < -0.3 is 15.5 Å². The fourth-order valence-electron chi connectivity index (χ4n) is 3.61. The minimum Gasteiger partial charge on any atom is -0.354 e. The summed E-state index contributed by atoms with van der Waals surface area (Å²) in [5.41, 5.74) is 0.357. The summed E-state index contributed by atoms with van der Waals surface area (Å²) < 4.78 is 26.4. The Morgan fingerprint density at radius 1 is 1.09 bits per heavy atom. The van der Waals surface area contributed by atoms with E-state index in [9.17, 15) is 18.4 Å². The Labute approximate surface area is 189 Å². The van der Waals surface area contributed by atoms with Crippen molar-refractivity contribution in [3.8, 4) is 0 Å². The van der Waals surface area contributed by atoms with Crippen LogP contribution in [0.5, 0.6) is 0 Å². The number of anilines is 1. The fraction of sp³-hybridized carbons (Fsp3) is 0.455. The highest BCUT2D eigenvalue weighted by Crippen LogP contribution is 2.25. The summed E-state index contributed by atoms with van der Waals surface area (Å²) in [5, 5.41) is 14.8. The molecule has 1 saturated heterocycles. The van der Waals surface area contributed by atoms with Gasteiger partial charge in [-0.15, -0.1) is 10.2 Å². The maximum Gasteiger partial charge on any atom is 0.230 e. The summed E-state index contributed by atoms with van der Waals surface area (Å²) in [4.78, 5) is 26.5. The van der Waals surface area contributed by atoms with Crippen LogP contribution in [-0.4, -0.2) is 46.9 Å². The van der Waals surface area contributed by atoms with Gasteiger partial charge in [-0.1, -0.05) is 11.8 Å². The van der Waals surface area contributed by atoms with E-state index in [-0.39, 0.29) is 30.0 Å². The average molecular weight is 462 g/mol. The highest BCUT2D eigenvalue weighted by atomic mass is 32.2. The smallest absolute Gasteiger partial charge is 0.230 e. The first kappa shape index (κ1) is 22.4. The lowest BCUT2D eigenvalue weighted by atomic mass is 9.97. The highest BCUT2D eigenvalue weighted by Gasteiger charge is 2.30. The fourth-order valence-corrected chi connectivity index (χ4v) is 4.25. The quantitative estimate of drug-likeness (QED) is 0.588. The predicted molar refractivity (Wildman–Crippen MR) is 117 cm³/mol. The second kappa shape index (κ2) is 10.2. The number of aromatic nitrogens is 2. The normalized spacial score (nSPS) is 18.3. The van der Waals surface area contributed by atoms with Gasteiger partial charge in [-0.3, -0.25) is 9.59 Å². The first-order valence-corrected chi connectivity index (χ1v) is 11.7. The van der Waals surface area contributed by atoms with Crippen molar-refractivity contribution in [3.05, 3.63) is 47.5 Å². The second-order valence-corrected chi connectivity index (χ2v) is 9.14. The molecule has 0 unspecified atom stereocenters. The number of carbonyl (C=O) groups is 2. The third-order valence-electron chi connectivity index (χ3n) is 5.43. The molecule has 2 fully saturated rings. The molecule has 1 atom stereocenters. The van der Waals surface area contributed by atoms with Gasteiger partial charge in [0.2, 0.25) is 11.8 Å². The molecule has 0 spiro atoms. The Balaban J connectivity index is 1.23. The lowest BCUT2D eigenvalue weighted by Crippen LogP contribution is -2.44. The number of benzene rings is 1. The Kier molecular flexibility index (Phi) is 7.19. The Hall–Kier alpha value is -2.75. The molecule has 32 heavy (non-hydrogen) atoms. The largest absolute Gasteiger partial charge is 0.354 e. The van der Waals surface area contributed by atoms with Crippen molar-refractivity contribution in [3.63, 3.8) is 0 Å². The van der Waals surface area contributed by atoms with Gasteiger partial charge in [-0.25, -0.2) is 8.78 Å². The molecule has 2 aliphatic rings. The third-order valence-corrected chi connectivity index (χ3v) is 6.35. The molecule has 2 aromatic rings. The maximum atomic E-state index is 13.2. The Morgan fingerprint density at radius 3 is 2.56 bits per heavy atom. The summed E-state index contributed by atoms with van der Waals surface area (Å²) >= 11 is 1.23. The molecular formula is C22H25F2N5O2S. The average Bonchev–Trinajstić information content (AvgIpc) is 3.60. The van der Waals surface area contributed by atoms with E-state index >= 15 is 0 Å². The van der Waals surface area contributed by atoms with E-state index in [0.29, 0.717) is 23.2 Å². The van der Waals surface area contributed by atoms with Crippen molar-refractivity contribution in [2.75, 3.05) is 23.7 Å². The van der Waals surface area contributed by atoms with E-state index in [2.05, 4.69) is 25.7 Å². The zero-order valence-corrected chi connectivity index (χ0v) is 18.3. The van der Waals surface area contributed by atoms with Crippen LogP contribution in [0.15, 0.2) is 35.4 Å². The topological polar surface area (TPSA) is 87.2 Å². The van der Waals surface area contributed by atoms with Crippen LogP contribution in [0.2, 0.25) is 0 Å². The summed E-state index contributed by atoms with van der Waals surface area (Å²) in [5.74, 6) is -0.703. The van der Waals surface area contributed by atoms with Crippen molar-refractivity contribution in [2.24, 2.45) is 5.92 Å². The van der Waals surface area contributed by atoms with Gasteiger partial charge in [0.15, 0.2) is 5.82 Å². The van der Waals surface area contributed by atoms with Crippen molar-refractivity contribution < 1.29 is 18.4 Å². The van der Waals surface area contributed by atoms with Crippen molar-refractivity contribution >= 4 is 29.4 Å². The molecule has 1 aliphatic carbocycles. The number of rotatable bonds is 8. The third kappa shape index (κ3) is 6.38. The molecule has 1 saturated carbocycles. The van der Waals surface area contributed by atoms with Gasteiger partial charge in [-0.05, 0) is 55.5 Å². The number of piperidine rings is 1. The zero-order chi connectivity index (χ0) is 22.5. The number of hydrogen-bond acceptors (Lipinski definition) is 6. The van der Waals surface area contributed by atoms with Crippen LogP contribution in [0.1, 0.15) is 31.2 Å². The Morgan fingerprint density at radius 2 is 1.88 bits per heavy atom. The molecule has 1 aromatic carbocycles. The van der Waals surface area contributed by atoms with E-state index in [1.54, 1.807) is 6.07 Å². The molecule has 0 bridgehead atoms. The van der Waals surface area contributed by atoms with E-state index in [1.165, 1.54) is 23.9 Å². The minimum atomic E-state index is -0.678. The Bertz CT molecular complexity index is 951. The maximum absolute atomic E-state index is 13.2. The molecule has 0 radical (unpaired) electrons. The number of halogens is 2. The molecule has 2 amide bonds. The number of nitrogens with one attached hydrogen (secondary N) is 2. The van der Waals surface area contributed by atoms with Gasteiger partial charge >= 0.3 is 0 Å². The summed E-state index contributed by atoms with van der Waals surface area (Å²) in [6, 6.07) is 7.17. The van der Waals surface area contributed by atoms with E-state index in [4.69, 9.17) is 0 Å². The number of amides is 2. The zero-order valence-electron chi connectivity index (χ0n) is 17.5. The van der Waals surface area contributed by atoms with Crippen LogP contribution in [0, 0.1) is 17.6 Å².